The Kier molecular flexibility index (Phi) is 2.73. The molecule has 0 bridgehead atoms. The van der Waals surface area contributed by atoms with Gasteiger partial charge in [-0.1, -0.05) is 11.6 Å². The molecule has 2 aromatic heterocycles. The molecule has 0 aliphatic rings. The summed E-state index contributed by atoms with van der Waals surface area (Å²) in [7, 11) is 0. The summed E-state index contributed by atoms with van der Waals surface area (Å²) < 4.78 is 2.80. The van der Waals surface area contributed by atoms with E-state index in [-0.39, 0.29) is 5.56 Å². The molecular weight excluding hydrogens is 206 g/mol. The van der Waals surface area contributed by atoms with E-state index >= 15 is 0 Å². The Balaban J connectivity index is 2.49. The first-order chi connectivity index (χ1) is 7.18. The minimum absolute atomic E-state index is 0.103. The lowest BCUT2D eigenvalue weighted by atomic mass is 10.3. The zero-order chi connectivity index (χ0) is 10.8. The lowest BCUT2D eigenvalue weighted by Crippen LogP contribution is -2.17. The molecule has 0 saturated carbocycles. The molecule has 2 aromatic rings. The molecular formula is C12H13NOS. The van der Waals surface area contributed by atoms with Crippen molar-refractivity contribution in [3.05, 3.63) is 45.7 Å². The number of aromatic nitrogens is 1. The second kappa shape index (κ2) is 4.03. The highest BCUT2D eigenvalue weighted by molar-refractivity contribution is 7.17. The maximum Gasteiger partial charge on any atom is 0.259 e. The second-order valence-corrected chi connectivity index (χ2v) is 4.70. The third kappa shape index (κ3) is 2.02. The third-order valence-corrected chi connectivity index (χ3v) is 3.17. The number of thiophene rings is 1. The molecule has 0 fully saturated rings. The Bertz CT molecular complexity index is 558. The van der Waals surface area contributed by atoms with E-state index in [2.05, 4.69) is 6.08 Å². The maximum absolute atomic E-state index is 11.9. The molecule has 0 N–H and O–H groups in total. The number of fused-ring (bicyclic) bond motifs is 1. The Morgan fingerprint density at radius 1 is 1.47 bits per heavy atom. The second-order valence-electron chi connectivity index (χ2n) is 3.75. The van der Waals surface area contributed by atoms with Crippen LogP contribution in [0.25, 0.3) is 10.1 Å². The van der Waals surface area contributed by atoms with Crippen molar-refractivity contribution in [2.24, 2.45) is 0 Å². The van der Waals surface area contributed by atoms with Crippen LogP contribution in [-0.2, 0) is 6.54 Å². The van der Waals surface area contributed by atoms with Crippen LogP contribution in [0.3, 0.4) is 0 Å². The van der Waals surface area contributed by atoms with Crippen molar-refractivity contribution in [1.82, 2.24) is 4.57 Å². The van der Waals surface area contributed by atoms with Crippen LogP contribution in [0.5, 0.6) is 0 Å². The van der Waals surface area contributed by atoms with Crippen LogP contribution < -0.4 is 5.56 Å². The normalized spacial score (nSPS) is 10.5. The molecule has 2 heterocycles. The number of pyridine rings is 1. The van der Waals surface area contributed by atoms with Crippen molar-refractivity contribution < 1.29 is 0 Å². The van der Waals surface area contributed by atoms with Gasteiger partial charge in [-0.3, -0.25) is 4.79 Å². The van der Waals surface area contributed by atoms with E-state index in [9.17, 15) is 4.79 Å². The van der Waals surface area contributed by atoms with E-state index in [1.807, 2.05) is 37.6 Å². The van der Waals surface area contributed by atoms with E-state index in [4.69, 9.17) is 0 Å². The van der Waals surface area contributed by atoms with E-state index in [0.29, 0.717) is 6.54 Å². The predicted molar refractivity (Wildman–Crippen MR) is 65.5 cm³/mol. The zero-order valence-electron chi connectivity index (χ0n) is 8.86. The maximum atomic E-state index is 11.9. The van der Waals surface area contributed by atoms with Gasteiger partial charge < -0.3 is 4.57 Å². The molecule has 0 aliphatic heterocycles. The van der Waals surface area contributed by atoms with Gasteiger partial charge in [0.05, 0.1) is 5.39 Å². The molecule has 78 valence electrons. The number of allylic oxidation sites excluding steroid dienone is 2. The summed E-state index contributed by atoms with van der Waals surface area (Å²) in [6, 6.07) is 3.89. The van der Waals surface area contributed by atoms with Crippen LogP contribution >= 0.6 is 11.3 Å². The molecule has 15 heavy (non-hydrogen) atoms. The fraction of sp³-hybridized carbons (Fsp3) is 0.250. The van der Waals surface area contributed by atoms with Crippen LogP contribution in [0.1, 0.15) is 13.8 Å². The first-order valence-electron chi connectivity index (χ1n) is 4.88. The van der Waals surface area contributed by atoms with Crippen molar-refractivity contribution >= 4 is 21.4 Å². The summed E-state index contributed by atoms with van der Waals surface area (Å²) in [4.78, 5) is 11.9. The highest BCUT2D eigenvalue weighted by atomic mass is 32.1. The monoisotopic (exact) mass is 219 g/mol. The minimum Gasteiger partial charge on any atom is -0.311 e. The zero-order valence-corrected chi connectivity index (χ0v) is 9.67. The lowest BCUT2D eigenvalue weighted by molar-refractivity contribution is 0.784. The molecule has 0 aliphatic carbocycles. The third-order valence-electron chi connectivity index (χ3n) is 2.29. The standard InChI is InChI=1S/C12H13NOS/c1-9(2)3-6-13-7-4-11-10(12(13)14)5-8-15-11/h3-5,7-8H,6H2,1-2H3. The number of hydrogen-bond donors (Lipinski definition) is 0. The van der Waals surface area contributed by atoms with E-state index in [1.54, 1.807) is 15.9 Å². The van der Waals surface area contributed by atoms with Crippen molar-refractivity contribution in [3.63, 3.8) is 0 Å². The van der Waals surface area contributed by atoms with Gasteiger partial charge in [0.15, 0.2) is 0 Å². The molecule has 2 rings (SSSR count). The highest BCUT2D eigenvalue weighted by Crippen LogP contribution is 2.16. The molecule has 0 spiro atoms. The Morgan fingerprint density at radius 2 is 2.27 bits per heavy atom. The first-order valence-corrected chi connectivity index (χ1v) is 5.76. The van der Waals surface area contributed by atoms with Crippen LogP contribution in [-0.4, -0.2) is 4.57 Å². The number of rotatable bonds is 2. The van der Waals surface area contributed by atoms with Gasteiger partial charge in [0, 0.05) is 17.4 Å². The van der Waals surface area contributed by atoms with Gasteiger partial charge in [0.25, 0.3) is 5.56 Å². The minimum atomic E-state index is 0.103. The summed E-state index contributed by atoms with van der Waals surface area (Å²) >= 11 is 1.61. The molecule has 0 atom stereocenters. The van der Waals surface area contributed by atoms with E-state index in [0.717, 1.165) is 10.1 Å². The van der Waals surface area contributed by atoms with Crippen LogP contribution in [0.4, 0.5) is 0 Å². The molecule has 0 radical (unpaired) electrons. The largest absolute Gasteiger partial charge is 0.311 e. The van der Waals surface area contributed by atoms with Gasteiger partial charge in [-0.05, 0) is 31.4 Å². The van der Waals surface area contributed by atoms with Gasteiger partial charge in [0.1, 0.15) is 0 Å². The van der Waals surface area contributed by atoms with Gasteiger partial charge in [-0.25, -0.2) is 0 Å². The molecule has 2 nitrogen and oxygen atoms in total. The van der Waals surface area contributed by atoms with Crippen molar-refractivity contribution in [2.45, 2.75) is 20.4 Å². The smallest absolute Gasteiger partial charge is 0.259 e. The molecule has 0 amide bonds. The van der Waals surface area contributed by atoms with E-state index < -0.39 is 0 Å². The van der Waals surface area contributed by atoms with Crippen LogP contribution in [0, 0.1) is 0 Å². The lowest BCUT2D eigenvalue weighted by Gasteiger charge is -2.02. The van der Waals surface area contributed by atoms with Gasteiger partial charge >= 0.3 is 0 Å². The fourth-order valence-electron chi connectivity index (χ4n) is 1.43. The first kappa shape index (κ1) is 10.2. The predicted octanol–water partition coefficient (Wildman–Crippen LogP) is 3.03. The molecule has 0 saturated heterocycles. The van der Waals surface area contributed by atoms with Gasteiger partial charge in [-0.2, -0.15) is 0 Å². The Morgan fingerprint density at radius 3 is 3.00 bits per heavy atom. The van der Waals surface area contributed by atoms with Gasteiger partial charge in [-0.15, -0.1) is 11.3 Å². The summed E-state index contributed by atoms with van der Waals surface area (Å²) in [5.41, 5.74) is 1.33. The fourth-order valence-corrected chi connectivity index (χ4v) is 2.20. The summed E-state index contributed by atoms with van der Waals surface area (Å²) in [5, 5.41) is 2.78. The highest BCUT2D eigenvalue weighted by Gasteiger charge is 2.01. The van der Waals surface area contributed by atoms with E-state index in [1.165, 1.54) is 5.57 Å². The SMILES string of the molecule is CC(C)=CCn1ccc2sccc2c1=O. The summed E-state index contributed by atoms with van der Waals surface area (Å²) in [5.74, 6) is 0. The van der Waals surface area contributed by atoms with Crippen molar-refractivity contribution in [2.75, 3.05) is 0 Å². The average Bonchev–Trinajstić information content (AvgIpc) is 2.65. The summed E-state index contributed by atoms with van der Waals surface area (Å²) in [6.45, 7) is 4.73. The average molecular weight is 219 g/mol. The molecule has 0 unspecified atom stereocenters. The molecule has 0 aromatic carbocycles. The topological polar surface area (TPSA) is 22.0 Å². The Labute approximate surface area is 92.5 Å². The number of hydrogen-bond acceptors (Lipinski definition) is 2. The van der Waals surface area contributed by atoms with Crippen molar-refractivity contribution in [1.29, 1.82) is 0 Å². The van der Waals surface area contributed by atoms with Crippen molar-refractivity contribution in [3.8, 4) is 0 Å². The quantitative estimate of drug-likeness (QED) is 0.712. The van der Waals surface area contributed by atoms with Gasteiger partial charge in [0.2, 0.25) is 0 Å². The Hall–Kier alpha value is -1.35. The van der Waals surface area contributed by atoms with Crippen LogP contribution in [0.2, 0.25) is 0 Å². The number of nitrogens with zero attached hydrogens (tertiary/aromatic N) is 1. The summed E-state index contributed by atoms with van der Waals surface area (Å²) in [6.07, 6.45) is 3.92. The van der Waals surface area contributed by atoms with Crippen LogP contribution in [0.15, 0.2) is 40.2 Å². The molecule has 3 heteroatoms.